The third-order valence-electron chi connectivity index (χ3n) is 2.73. The molecule has 3 aromatic rings. The number of hydrogen-bond donors (Lipinski definition) is 1. The predicted octanol–water partition coefficient (Wildman–Crippen LogP) is 4.11. The second-order valence-corrected chi connectivity index (χ2v) is 5.54. The summed E-state index contributed by atoms with van der Waals surface area (Å²) in [5, 5.41) is 5.83. The smallest absolute Gasteiger partial charge is 0.275 e. The van der Waals surface area contributed by atoms with Gasteiger partial charge in [-0.15, -0.1) is 11.3 Å². The molecule has 1 N–H and O–H groups in total. The third-order valence-corrected chi connectivity index (χ3v) is 3.85. The Kier molecular flexibility index (Phi) is 3.94. The molecule has 0 aliphatic heterocycles. The zero-order valence-corrected chi connectivity index (χ0v) is 12.4. The second-order valence-electron chi connectivity index (χ2n) is 4.24. The number of anilines is 1. The molecule has 4 nitrogen and oxygen atoms in total. The maximum atomic E-state index is 12.1. The first-order chi connectivity index (χ1) is 10.2. The van der Waals surface area contributed by atoms with Gasteiger partial charge in [0.05, 0.1) is 0 Å². The molecule has 2 aromatic heterocycles. The lowest BCUT2D eigenvalue weighted by Crippen LogP contribution is -2.12. The van der Waals surface area contributed by atoms with E-state index in [2.05, 4.69) is 15.3 Å². The van der Waals surface area contributed by atoms with Gasteiger partial charge in [0.15, 0.2) is 0 Å². The molecule has 0 bridgehead atoms. The van der Waals surface area contributed by atoms with E-state index in [1.54, 1.807) is 42.0 Å². The van der Waals surface area contributed by atoms with Crippen LogP contribution in [0.2, 0.25) is 5.02 Å². The van der Waals surface area contributed by atoms with Crippen LogP contribution < -0.4 is 5.32 Å². The summed E-state index contributed by atoms with van der Waals surface area (Å²) >= 11 is 7.29. The van der Waals surface area contributed by atoms with Crippen molar-refractivity contribution in [1.29, 1.82) is 0 Å². The van der Waals surface area contributed by atoms with Gasteiger partial charge in [0.25, 0.3) is 5.91 Å². The van der Waals surface area contributed by atoms with Gasteiger partial charge in [0.1, 0.15) is 10.7 Å². The number of thiazole rings is 1. The van der Waals surface area contributed by atoms with Crippen LogP contribution in [0, 0.1) is 0 Å². The Morgan fingerprint density at radius 1 is 1.24 bits per heavy atom. The molecule has 0 radical (unpaired) electrons. The molecule has 0 aliphatic rings. The van der Waals surface area contributed by atoms with Crippen LogP contribution in [0.4, 0.5) is 5.69 Å². The molecule has 6 heteroatoms. The second kappa shape index (κ2) is 6.03. The average molecular weight is 316 g/mol. The molecule has 0 unspecified atom stereocenters. The summed E-state index contributed by atoms with van der Waals surface area (Å²) in [5.74, 6) is -0.261. The normalized spacial score (nSPS) is 10.3. The molecule has 2 heterocycles. The van der Waals surface area contributed by atoms with Crippen LogP contribution in [-0.4, -0.2) is 15.9 Å². The highest BCUT2D eigenvalue weighted by Gasteiger charge is 2.12. The van der Waals surface area contributed by atoms with Gasteiger partial charge in [-0.1, -0.05) is 17.7 Å². The molecular weight excluding hydrogens is 306 g/mol. The van der Waals surface area contributed by atoms with Crippen LogP contribution in [0.1, 0.15) is 10.5 Å². The van der Waals surface area contributed by atoms with Crippen LogP contribution in [0.25, 0.3) is 10.6 Å². The number of halogens is 1. The molecule has 0 spiro atoms. The van der Waals surface area contributed by atoms with E-state index in [4.69, 9.17) is 11.6 Å². The van der Waals surface area contributed by atoms with Crippen molar-refractivity contribution >= 4 is 34.5 Å². The first-order valence-corrected chi connectivity index (χ1v) is 7.41. The maximum absolute atomic E-state index is 12.1. The zero-order chi connectivity index (χ0) is 14.7. The number of hydrogen-bond acceptors (Lipinski definition) is 4. The fourth-order valence-electron chi connectivity index (χ4n) is 1.76. The van der Waals surface area contributed by atoms with Crippen molar-refractivity contribution in [1.82, 2.24) is 9.97 Å². The van der Waals surface area contributed by atoms with Crippen molar-refractivity contribution in [3.8, 4) is 10.6 Å². The van der Waals surface area contributed by atoms with Gasteiger partial charge in [-0.3, -0.25) is 9.78 Å². The molecule has 0 fully saturated rings. The summed E-state index contributed by atoms with van der Waals surface area (Å²) < 4.78 is 0. The summed E-state index contributed by atoms with van der Waals surface area (Å²) in [7, 11) is 0. The monoisotopic (exact) mass is 315 g/mol. The number of nitrogens with one attached hydrogen (secondary N) is 1. The van der Waals surface area contributed by atoms with Crippen LogP contribution in [0.15, 0.2) is 54.2 Å². The first kappa shape index (κ1) is 13.7. The minimum atomic E-state index is -0.261. The summed E-state index contributed by atoms with van der Waals surface area (Å²) in [6.45, 7) is 0. The van der Waals surface area contributed by atoms with Crippen LogP contribution >= 0.6 is 22.9 Å². The Labute approximate surface area is 130 Å². The summed E-state index contributed by atoms with van der Waals surface area (Å²) in [4.78, 5) is 20.5. The number of benzene rings is 1. The number of nitrogens with zero attached hydrogens (tertiary/aromatic N) is 2. The number of rotatable bonds is 3. The number of amides is 1. The Morgan fingerprint density at radius 3 is 2.90 bits per heavy atom. The summed E-state index contributed by atoms with van der Waals surface area (Å²) in [6.07, 6.45) is 3.42. The largest absolute Gasteiger partial charge is 0.321 e. The van der Waals surface area contributed by atoms with E-state index in [-0.39, 0.29) is 5.91 Å². The van der Waals surface area contributed by atoms with Gasteiger partial charge in [-0.2, -0.15) is 0 Å². The molecule has 21 heavy (non-hydrogen) atoms. The Morgan fingerprint density at radius 2 is 2.14 bits per heavy atom. The number of pyridine rings is 1. The van der Waals surface area contributed by atoms with Crippen molar-refractivity contribution in [2.75, 3.05) is 5.32 Å². The number of carbonyl (C=O) groups is 1. The van der Waals surface area contributed by atoms with Gasteiger partial charge in [0.2, 0.25) is 0 Å². The maximum Gasteiger partial charge on any atom is 0.275 e. The third kappa shape index (κ3) is 3.26. The fraction of sp³-hybridized carbons (Fsp3) is 0. The highest BCUT2D eigenvalue weighted by Crippen LogP contribution is 2.23. The van der Waals surface area contributed by atoms with Gasteiger partial charge in [-0.25, -0.2) is 4.98 Å². The van der Waals surface area contributed by atoms with Gasteiger partial charge in [-0.05, 0) is 30.3 Å². The standard InChI is InChI=1S/C15H10ClN3OS/c16-11-4-1-5-12(7-11)18-14(20)13-9-21-15(19-13)10-3-2-6-17-8-10/h1-9H,(H,18,20). The van der Waals surface area contributed by atoms with E-state index in [0.29, 0.717) is 16.4 Å². The highest BCUT2D eigenvalue weighted by atomic mass is 35.5. The van der Waals surface area contributed by atoms with Gasteiger partial charge >= 0.3 is 0 Å². The van der Waals surface area contributed by atoms with Crippen molar-refractivity contribution in [2.45, 2.75) is 0 Å². The number of carbonyl (C=O) groups excluding carboxylic acids is 1. The van der Waals surface area contributed by atoms with Crippen molar-refractivity contribution < 1.29 is 4.79 Å². The van der Waals surface area contributed by atoms with E-state index in [1.807, 2.05) is 12.1 Å². The highest BCUT2D eigenvalue weighted by molar-refractivity contribution is 7.13. The van der Waals surface area contributed by atoms with Crippen LogP contribution in [0.3, 0.4) is 0 Å². The molecular formula is C15H10ClN3OS. The summed E-state index contributed by atoms with van der Waals surface area (Å²) in [5.41, 5.74) is 1.91. The number of aromatic nitrogens is 2. The minimum absolute atomic E-state index is 0.261. The Hall–Kier alpha value is -2.24. The topological polar surface area (TPSA) is 54.9 Å². The van der Waals surface area contributed by atoms with Crippen LogP contribution in [0.5, 0.6) is 0 Å². The molecule has 0 saturated carbocycles. The van der Waals surface area contributed by atoms with E-state index in [9.17, 15) is 4.79 Å². The summed E-state index contributed by atoms with van der Waals surface area (Å²) in [6, 6.07) is 10.7. The lowest BCUT2D eigenvalue weighted by Gasteiger charge is -2.03. The fourth-order valence-corrected chi connectivity index (χ4v) is 2.74. The van der Waals surface area contributed by atoms with E-state index in [0.717, 1.165) is 10.6 Å². The molecule has 0 aliphatic carbocycles. The molecule has 104 valence electrons. The van der Waals surface area contributed by atoms with Gasteiger partial charge < -0.3 is 5.32 Å². The molecule has 1 amide bonds. The Bertz CT molecular complexity index is 773. The molecule has 3 rings (SSSR count). The quantitative estimate of drug-likeness (QED) is 0.791. The lowest BCUT2D eigenvalue weighted by atomic mass is 10.3. The molecule has 0 atom stereocenters. The lowest BCUT2D eigenvalue weighted by molar-refractivity contribution is 0.102. The van der Waals surface area contributed by atoms with Crippen molar-refractivity contribution in [2.24, 2.45) is 0 Å². The van der Waals surface area contributed by atoms with E-state index < -0.39 is 0 Å². The van der Waals surface area contributed by atoms with Crippen LogP contribution in [-0.2, 0) is 0 Å². The zero-order valence-electron chi connectivity index (χ0n) is 10.8. The van der Waals surface area contributed by atoms with Crippen molar-refractivity contribution in [3.05, 3.63) is 64.9 Å². The molecule has 0 saturated heterocycles. The minimum Gasteiger partial charge on any atom is -0.321 e. The molecule has 1 aromatic carbocycles. The average Bonchev–Trinajstić information content (AvgIpc) is 2.98. The Balaban J connectivity index is 1.78. The SMILES string of the molecule is O=C(Nc1cccc(Cl)c1)c1csc(-c2cccnc2)n1. The van der Waals surface area contributed by atoms with E-state index in [1.165, 1.54) is 11.3 Å². The first-order valence-electron chi connectivity index (χ1n) is 6.15. The predicted molar refractivity (Wildman–Crippen MR) is 84.8 cm³/mol. The van der Waals surface area contributed by atoms with E-state index >= 15 is 0 Å². The van der Waals surface area contributed by atoms with Gasteiger partial charge in [0, 0.05) is 34.0 Å². The van der Waals surface area contributed by atoms with Crippen molar-refractivity contribution in [3.63, 3.8) is 0 Å².